The van der Waals surface area contributed by atoms with Crippen molar-refractivity contribution in [1.82, 2.24) is 9.55 Å². The summed E-state index contributed by atoms with van der Waals surface area (Å²) in [4.78, 5) is 17.7. The fourth-order valence-corrected chi connectivity index (χ4v) is 5.25. The Kier molecular flexibility index (Phi) is 4.66. The van der Waals surface area contributed by atoms with Crippen molar-refractivity contribution >= 4 is 54.1 Å². The molecule has 0 atom stereocenters. The number of thiazole rings is 1. The van der Waals surface area contributed by atoms with E-state index in [1.54, 1.807) is 11.3 Å². The van der Waals surface area contributed by atoms with Gasteiger partial charge in [-0.25, -0.2) is 4.98 Å². The van der Waals surface area contributed by atoms with E-state index in [0.29, 0.717) is 17.4 Å². The maximum atomic E-state index is 13.1. The van der Waals surface area contributed by atoms with Crippen LogP contribution in [0.25, 0.3) is 20.4 Å². The van der Waals surface area contributed by atoms with Crippen molar-refractivity contribution in [2.45, 2.75) is 19.9 Å². The summed E-state index contributed by atoms with van der Waals surface area (Å²) in [7, 11) is 0. The predicted molar refractivity (Wildman–Crippen MR) is 122 cm³/mol. The average molecular weight is 418 g/mol. The van der Waals surface area contributed by atoms with E-state index in [9.17, 15) is 4.79 Å². The Morgan fingerprint density at radius 3 is 2.72 bits per heavy atom. The Morgan fingerprint density at radius 2 is 1.90 bits per heavy atom. The van der Waals surface area contributed by atoms with Crippen LogP contribution < -0.4 is 5.32 Å². The number of nitrogens with one attached hydrogen (secondary N) is 1. The van der Waals surface area contributed by atoms with Gasteiger partial charge in [-0.15, -0.1) is 11.3 Å². The van der Waals surface area contributed by atoms with Crippen LogP contribution in [0.5, 0.6) is 0 Å². The first kappa shape index (κ1) is 18.1. The number of amides is 1. The SMILES string of the molecule is CCc1ccc2nc(NC(=O)c3cc4sccc4n3Cc3ccccc3)sc2c1. The van der Waals surface area contributed by atoms with E-state index < -0.39 is 0 Å². The summed E-state index contributed by atoms with van der Waals surface area (Å²) < 4.78 is 4.29. The summed E-state index contributed by atoms with van der Waals surface area (Å²) in [5, 5.41) is 5.71. The topological polar surface area (TPSA) is 46.9 Å². The lowest BCUT2D eigenvalue weighted by Crippen LogP contribution is -2.17. The van der Waals surface area contributed by atoms with E-state index in [1.165, 1.54) is 16.9 Å². The highest BCUT2D eigenvalue weighted by Crippen LogP contribution is 2.29. The molecule has 1 amide bonds. The molecule has 3 aromatic heterocycles. The number of carbonyl (C=O) groups is 1. The van der Waals surface area contributed by atoms with Crippen LogP contribution in [0.3, 0.4) is 0 Å². The first-order valence-electron chi connectivity index (χ1n) is 9.53. The van der Waals surface area contributed by atoms with Crippen molar-refractivity contribution in [2.75, 3.05) is 5.32 Å². The quantitative estimate of drug-likeness (QED) is 0.371. The Balaban J connectivity index is 1.48. The lowest BCUT2D eigenvalue weighted by molar-refractivity contribution is 0.101. The van der Waals surface area contributed by atoms with Crippen molar-refractivity contribution in [3.8, 4) is 0 Å². The summed E-state index contributed by atoms with van der Waals surface area (Å²) in [6.45, 7) is 2.79. The monoisotopic (exact) mass is 417 g/mol. The van der Waals surface area contributed by atoms with Crippen molar-refractivity contribution in [3.05, 3.63) is 82.9 Å². The number of rotatable bonds is 5. The molecule has 6 heteroatoms. The van der Waals surface area contributed by atoms with Crippen LogP contribution in [-0.2, 0) is 13.0 Å². The molecule has 0 saturated carbocycles. The van der Waals surface area contributed by atoms with Crippen molar-refractivity contribution in [2.24, 2.45) is 0 Å². The molecule has 4 nitrogen and oxygen atoms in total. The number of thiophene rings is 1. The van der Waals surface area contributed by atoms with Gasteiger partial charge in [-0.1, -0.05) is 54.7 Å². The predicted octanol–water partition coefficient (Wildman–Crippen LogP) is 6.18. The second-order valence-corrected chi connectivity index (χ2v) is 8.88. The van der Waals surface area contributed by atoms with Gasteiger partial charge in [-0.2, -0.15) is 0 Å². The number of benzene rings is 2. The minimum atomic E-state index is -0.126. The third kappa shape index (κ3) is 3.45. The van der Waals surface area contributed by atoms with Crippen LogP contribution >= 0.6 is 22.7 Å². The molecular weight excluding hydrogens is 398 g/mol. The largest absolute Gasteiger partial charge is 0.331 e. The molecular formula is C23H19N3OS2. The third-order valence-corrected chi connectivity index (χ3v) is 6.81. The fraction of sp³-hybridized carbons (Fsp3) is 0.130. The molecule has 29 heavy (non-hydrogen) atoms. The molecule has 0 aliphatic heterocycles. The number of aryl methyl sites for hydroxylation is 1. The minimum absolute atomic E-state index is 0.126. The van der Waals surface area contributed by atoms with E-state index in [1.807, 2.05) is 30.3 Å². The Labute approximate surface area is 176 Å². The standard InChI is InChI=1S/C23H19N3OS2/c1-2-15-8-9-17-20(12-15)29-23(24-17)25-22(27)19-13-21-18(10-11-28-21)26(19)14-16-6-4-3-5-7-16/h3-13H,2,14H2,1H3,(H,24,25,27). The molecule has 0 saturated heterocycles. The summed E-state index contributed by atoms with van der Waals surface area (Å²) in [5.74, 6) is -0.126. The number of fused-ring (bicyclic) bond motifs is 2. The smallest absolute Gasteiger partial charge is 0.274 e. The number of hydrogen-bond donors (Lipinski definition) is 1. The van der Waals surface area contributed by atoms with Gasteiger partial charge in [0.25, 0.3) is 5.91 Å². The zero-order valence-electron chi connectivity index (χ0n) is 15.9. The molecule has 0 spiro atoms. The lowest BCUT2D eigenvalue weighted by Gasteiger charge is -2.10. The van der Waals surface area contributed by atoms with Gasteiger partial charge in [-0.05, 0) is 47.2 Å². The maximum Gasteiger partial charge on any atom is 0.274 e. The summed E-state index contributed by atoms with van der Waals surface area (Å²) in [6, 6.07) is 20.5. The summed E-state index contributed by atoms with van der Waals surface area (Å²) >= 11 is 3.17. The van der Waals surface area contributed by atoms with Gasteiger partial charge >= 0.3 is 0 Å². The fourth-order valence-electron chi connectivity index (χ4n) is 3.51. The van der Waals surface area contributed by atoms with Crippen molar-refractivity contribution in [1.29, 1.82) is 0 Å². The second kappa shape index (κ2) is 7.46. The zero-order chi connectivity index (χ0) is 19.8. The molecule has 0 aliphatic carbocycles. The molecule has 0 bridgehead atoms. The molecule has 2 aromatic carbocycles. The molecule has 144 valence electrons. The van der Waals surface area contributed by atoms with E-state index in [2.05, 4.69) is 57.5 Å². The molecule has 5 rings (SSSR count). The molecule has 0 unspecified atom stereocenters. The van der Waals surface area contributed by atoms with Gasteiger partial charge in [0, 0.05) is 6.54 Å². The van der Waals surface area contributed by atoms with E-state index in [4.69, 9.17) is 0 Å². The number of nitrogens with zero attached hydrogens (tertiary/aromatic N) is 2. The highest BCUT2D eigenvalue weighted by molar-refractivity contribution is 7.22. The molecule has 5 aromatic rings. The van der Waals surface area contributed by atoms with Crippen LogP contribution in [0.15, 0.2) is 66.0 Å². The van der Waals surface area contributed by atoms with Gasteiger partial charge in [0.05, 0.1) is 20.4 Å². The molecule has 1 N–H and O–H groups in total. The first-order valence-corrected chi connectivity index (χ1v) is 11.2. The van der Waals surface area contributed by atoms with Crippen LogP contribution in [0.1, 0.15) is 28.5 Å². The highest BCUT2D eigenvalue weighted by Gasteiger charge is 2.18. The van der Waals surface area contributed by atoms with Crippen LogP contribution in [0.4, 0.5) is 5.13 Å². The van der Waals surface area contributed by atoms with Gasteiger partial charge in [0.2, 0.25) is 0 Å². The number of aromatic nitrogens is 2. The normalized spacial score (nSPS) is 11.3. The van der Waals surface area contributed by atoms with E-state index >= 15 is 0 Å². The van der Waals surface area contributed by atoms with Gasteiger partial charge in [0.15, 0.2) is 5.13 Å². The molecule has 3 heterocycles. The van der Waals surface area contributed by atoms with E-state index in [-0.39, 0.29) is 5.91 Å². The molecule has 0 fully saturated rings. The van der Waals surface area contributed by atoms with Crippen LogP contribution in [0.2, 0.25) is 0 Å². The molecule has 0 aliphatic rings. The number of carbonyl (C=O) groups excluding carboxylic acids is 1. The van der Waals surface area contributed by atoms with E-state index in [0.717, 1.165) is 32.4 Å². The van der Waals surface area contributed by atoms with Crippen molar-refractivity contribution in [3.63, 3.8) is 0 Å². The second-order valence-electron chi connectivity index (χ2n) is 6.90. The highest BCUT2D eigenvalue weighted by atomic mass is 32.1. The number of hydrogen-bond acceptors (Lipinski definition) is 4. The number of anilines is 1. The molecule has 0 radical (unpaired) electrons. The minimum Gasteiger partial charge on any atom is -0.331 e. The van der Waals surface area contributed by atoms with Crippen LogP contribution in [-0.4, -0.2) is 15.5 Å². The van der Waals surface area contributed by atoms with Gasteiger partial charge < -0.3 is 4.57 Å². The summed E-state index contributed by atoms with van der Waals surface area (Å²) in [5.41, 5.74) is 5.10. The Hall–Kier alpha value is -2.96. The van der Waals surface area contributed by atoms with Crippen molar-refractivity contribution < 1.29 is 4.79 Å². The lowest BCUT2D eigenvalue weighted by atomic mass is 10.2. The summed E-state index contributed by atoms with van der Waals surface area (Å²) in [6.07, 6.45) is 0.985. The first-order chi connectivity index (χ1) is 14.2. The maximum absolute atomic E-state index is 13.1. The zero-order valence-corrected chi connectivity index (χ0v) is 17.5. The van der Waals surface area contributed by atoms with Gasteiger partial charge in [-0.3, -0.25) is 10.1 Å². The van der Waals surface area contributed by atoms with Crippen LogP contribution in [0, 0.1) is 0 Å². The third-order valence-electron chi connectivity index (χ3n) is 5.02. The van der Waals surface area contributed by atoms with Gasteiger partial charge in [0.1, 0.15) is 5.69 Å². The Morgan fingerprint density at radius 1 is 1.03 bits per heavy atom. The Bertz CT molecular complexity index is 1310. The average Bonchev–Trinajstić information content (AvgIpc) is 3.43.